The first-order chi connectivity index (χ1) is 11.1. The summed E-state index contributed by atoms with van der Waals surface area (Å²) in [7, 11) is 1.29. The molecule has 4 aromatic rings. The van der Waals surface area contributed by atoms with Crippen LogP contribution in [0.4, 0.5) is 0 Å². The van der Waals surface area contributed by atoms with E-state index in [1.54, 1.807) is 6.92 Å². The molecule has 0 bridgehead atoms. The molecule has 0 aliphatic rings. The Morgan fingerprint density at radius 1 is 1.26 bits per heavy atom. The third-order valence-electron chi connectivity index (χ3n) is 3.91. The van der Waals surface area contributed by atoms with E-state index in [0.717, 1.165) is 10.9 Å². The maximum absolute atomic E-state index is 12.7. The Balaban J connectivity index is 2.17. The lowest BCUT2D eigenvalue weighted by molar-refractivity contribution is 0.0599. The van der Waals surface area contributed by atoms with E-state index >= 15 is 0 Å². The summed E-state index contributed by atoms with van der Waals surface area (Å²) in [6.07, 6.45) is 0. The number of pyridine rings is 1. The molecule has 0 aliphatic heterocycles. The lowest BCUT2D eigenvalue weighted by Crippen LogP contribution is -2.09. The Hall–Kier alpha value is -3.15. The lowest BCUT2D eigenvalue weighted by Gasteiger charge is -2.04. The molecule has 0 amide bonds. The van der Waals surface area contributed by atoms with Gasteiger partial charge in [-0.15, -0.1) is 0 Å². The van der Waals surface area contributed by atoms with Crippen molar-refractivity contribution < 1.29 is 13.9 Å². The number of ether oxygens (including phenoxy) is 1. The average Bonchev–Trinajstić information content (AvgIpc) is 2.93. The minimum atomic E-state index is -0.534. The van der Waals surface area contributed by atoms with E-state index in [1.165, 1.54) is 13.2 Å². The second-order valence-corrected chi connectivity index (χ2v) is 5.27. The van der Waals surface area contributed by atoms with Gasteiger partial charge in [-0.05, 0) is 25.1 Å². The van der Waals surface area contributed by atoms with Crippen LogP contribution in [-0.4, -0.2) is 23.0 Å². The van der Waals surface area contributed by atoms with Gasteiger partial charge in [-0.1, -0.05) is 12.1 Å². The molecule has 1 aromatic carbocycles. The molecule has 0 saturated heterocycles. The number of nitrogens with zero attached hydrogens (tertiary/aromatic N) is 1. The third kappa shape index (κ3) is 1.85. The van der Waals surface area contributed by atoms with Gasteiger partial charge in [0.25, 0.3) is 0 Å². The van der Waals surface area contributed by atoms with Crippen LogP contribution in [0.2, 0.25) is 0 Å². The molecule has 6 heteroatoms. The predicted octanol–water partition coefficient (Wildman–Crippen LogP) is 2.92. The lowest BCUT2D eigenvalue weighted by atomic mass is 10.1. The quantitative estimate of drug-likeness (QED) is 0.546. The van der Waals surface area contributed by atoms with Gasteiger partial charge in [0.2, 0.25) is 11.1 Å². The van der Waals surface area contributed by atoms with Gasteiger partial charge in [-0.3, -0.25) is 4.79 Å². The number of benzene rings is 1. The number of methoxy groups -OCH3 is 1. The zero-order chi connectivity index (χ0) is 16.1. The molecule has 114 valence electrons. The van der Waals surface area contributed by atoms with Gasteiger partial charge < -0.3 is 14.1 Å². The topological polar surface area (TPSA) is 85.2 Å². The maximum atomic E-state index is 12.7. The summed E-state index contributed by atoms with van der Waals surface area (Å²) in [6, 6.07) is 8.96. The number of rotatable bonds is 1. The SMILES string of the molecule is COC(=O)c1cc2c(=O)c3[nH]c4ccccc4c3oc2nc1C. The molecule has 0 fully saturated rings. The van der Waals surface area contributed by atoms with Crippen molar-refractivity contribution in [3.63, 3.8) is 0 Å². The number of nitrogens with one attached hydrogen (secondary N) is 1. The Morgan fingerprint density at radius 2 is 2.04 bits per heavy atom. The Labute approximate surface area is 129 Å². The van der Waals surface area contributed by atoms with E-state index < -0.39 is 5.97 Å². The summed E-state index contributed by atoms with van der Waals surface area (Å²) in [5.41, 5.74) is 2.29. The molecule has 0 unspecified atom stereocenters. The summed E-state index contributed by atoms with van der Waals surface area (Å²) in [5, 5.41) is 1.06. The fourth-order valence-corrected chi connectivity index (χ4v) is 2.75. The first-order valence-electron chi connectivity index (χ1n) is 7.03. The van der Waals surface area contributed by atoms with E-state index in [1.807, 2.05) is 24.3 Å². The molecule has 0 spiro atoms. The zero-order valence-corrected chi connectivity index (χ0v) is 12.5. The van der Waals surface area contributed by atoms with Crippen LogP contribution < -0.4 is 5.43 Å². The summed E-state index contributed by atoms with van der Waals surface area (Å²) in [4.78, 5) is 31.9. The van der Waals surface area contributed by atoms with E-state index in [-0.39, 0.29) is 22.1 Å². The number of hydrogen-bond donors (Lipinski definition) is 1. The van der Waals surface area contributed by atoms with Gasteiger partial charge in [0, 0.05) is 10.9 Å². The van der Waals surface area contributed by atoms with Gasteiger partial charge in [0.05, 0.1) is 23.8 Å². The zero-order valence-electron chi connectivity index (χ0n) is 12.5. The van der Waals surface area contributed by atoms with Crippen molar-refractivity contribution in [2.75, 3.05) is 7.11 Å². The maximum Gasteiger partial charge on any atom is 0.339 e. The Kier molecular flexibility index (Phi) is 2.74. The number of para-hydroxylation sites is 1. The number of aryl methyl sites for hydroxylation is 1. The van der Waals surface area contributed by atoms with Crippen LogP contribution in [0.1, 0.15) is 16.1 Å². The summed E-state index contributed by atoms with van der Waals surface area (Å²) >= 11 is 0. The number of fused-ring (bicyclic) bond motifs is 4. The molecular weight excluding hydrogens is 296 g/mol. The fourth-order valence-electron chi connectivity index (χ4n) is 2.75. The highest BCUT2D eigenvalue weighted by Gasteiger charge is 2.18. The number of esters is 1. The van der Waals surface area contributed by atoms with Crippen molar-refractivity contribution in [1.82, 2.24) is 9.97 Å². The summed E-state index contributed by atoms with van der Waals surface area (Å²) in [5.74, 6) is -0.534. The van der Waals surface area contributed by atoms with Crippen molar-refractivity contribution >= 4 is 39.1 Å². The van der Waals surface area contributed by atoms with Gasteiger partial charge in [-0.25, -0.2) is 9.78 Å². The minimum absolute atomic E-state index is 0.206. The number of hydrogen-bond acceptors (Lipinski definition) is 5. The van der Waals surface area contributed by atoms with Crippen LogP contribution in [0.25, 0.3) is 33.1 Å². The van der Waals surface area contributed by atoms with Crippen molar-refractivity contribution in [2.24, 2.45) is 0 Å². The van der Waals surface area contributed by atoms with E-state index in [0.29, 0.717) is 16.8 Å². The molecule has 0 radical (unpaired) electrons. The highest BCUT2D eigenvalue weighted by atomic mass is 16.5. The highest BCUT2D eigenvalue weighted by molar-refractivity contribution is 6.06. The number of aromatic nitrogens is 2. The Morgan fingerprint density at radius 3 is 2.83 bits per heavy atom. The summed E-state index contributed by atoms with van der Waals surface area (Å²) < 4.78 is 10.6. The molecule has 3 aromatic heterocycles. The molecule has 23 heavy (non-hydrogen) atoms. The molecule has 0 aliphatic carbocycles. The van der Waals surface area contributed by atoms with Crippen LogP contribution in [0.15, 0.2) is 39.5 Å². The van der Waals surface area contributed by atoms with Crippen molar-refractivity contribution in [3.05, 3.63) is 51.8 Å². The number of carbonyl (C=O) groups is 1. The average molecular weight is 308 g/mol. The molecular formula is C17H12N2O4. The largest absolute Gasteiger partial charge is 0.465 e. The first kappa shape index (κ1) is 13.5. The van der Waals surface area contributed by atoms with Crippen molar-refractivity contribution in [1.29, 1.82) is 0 Å². The molecule has 6 nitrogen and oxygen atoms in total. The number of H-pyrrole nitrogens is 1. The second kappa shape index (κ2) is 4.67. The van der Waals surface area contributed by atoms with Crippen LogP contribution in [0.3, 0.4) is 0 Å². The molecule has 3 heterocycles. The fraction of sp³-hybridized carbons (Fsp3) is 0.118. The van der Waals surface area contributed by atoms with Crippen LogP contribution >= 0.6 is 0 Å². The number of aromatic amines is 1. The van der Waals surface area contributed by atoms with Crippen LogP contribution in [0, 0.1) is 6.92 Å². The monoisotopic (exact) mass is 308 g/mol. The third-order valence-corrected chi connectivity index (χ3v) is 3.91. The second-order valence-electron chi connectivity index (χ2n) is 5.27. The number of carbonyl (C=O) groups excluding carboxylic acids is 1. The normalized spacial score (nSPS) is 11.4. The Bertz CT molecular complexity index is 1150. The van der Waals surface area contributed by atoms with E-state index in [9.17, 15) is 9.59 Å². The van der Waals surface area contributed by atoms with E-state index in [2.05, 4.69) is 9.97 Å². The van der Waals surface area contributed by atoms with Gasteiger partial charge >= 0.3 is 5.97 Å². The van der Waals surface area contributed by atoms with Gasteiger partial charge in [-0.2, -0.15) is 0 Å². The van der Waals surface area contributed by atoms with E-state index in [4.69, 9.17) is 9.15 Å². The van der Waals surface area contributed by atoms with Crippen LogP contribution in [0.5, 0.6) is 0 Å². The smallest absolute Gasteiger partial charge is 0.339 e. The molecule has 0 saturated carbocycles. The molecule has 0 atom stereocenters. The standard InChI is InChI=1S/C17H12N2O4/c1-8-10(17(21)22-2)7-11-14(20)13-15(23-16(11)18-8)9-5-3-4-6-12(9)19-13/h3-7,19H,1-2H3. The van der Waals surface area contributed by atoms with Crippen molar-refractivity contribution in [3.8, 4) is 0 Å². The van der Waals surface area contributed by atoms with Crippen molar-refractivity contribution in [2.45, 2.75) is 6.92 Å². The first-order valence-corrected chi connectivity index (χ1v) is 7.03. The van der Waals surface area contributed by atoms with Crippen LogP contribution in [-0.2, 0) is 4.74 Å². The summed E-state index contributed by atoms with van der Waals surface area (Å²) in [6.45, 7) is 1.67. The molecule has 1 N–H and O–H groups in total. The van der Waals surface area contributed by atoms with Gasteiger partial charge in [0.15, 0.2) is 5.58 Å². The highest BCUT2D eigenvalue weighted by Crippen LogP contribution is 2.26. The minimum Gasteiger partial charge on any atom is -0.465 e. The van der Waals surface area contributed by atoms with Gasteiger partial charge in [0.1, 0.15) is 5.52 Å². The molecule has 4 rings (SSSR count). The predicted molar refractivity (Wildman–Crippen MR) is 85.7 cm³/mol.